The van der Waals surface area contributed by atoms with E-state index in [9.17, 15) is 4.79 Å². The largest absolute Gasteiger partial charge is 0.345 e. The molecule has 158 valence electrons. The average Bonchev–Trinajstić information content (AvgIpc) is 3.18. The van der Waals surface area contributed by atoms with Crippen LogP contribution in [0, 0.1) is 6.92 Å². The lowest BCUT2D eigenvalue weighted by Gasteiger charge is -2.35. The van der Waals surface area contributed by atoms with Gasteiger partial charge >= 0.3 is 0 Å². The van der Waals surface area contributed by atoms with Crippen molar-refractivity contribution in [3.63, 3.8) is 0 Å². The number of amides is 1. The maximum absolute atomic E-state index is 13.2. The SMILES string of the molecule is CCCCCCC(=O)N(Cc1cccn1Cc1ccccc1C)C1CCCCC1. The molecule has 1 aliphatic rings. The van der Waals surface area contributed by atoms with Gasteiger partial charge in [0.2, 0.25) is 5.91 Å². The summed E-state index contributed by atoms with van der Waals surface area (Å²) in [6.07, 6.45) is 13.7. The molecule has 1 saturated carbocycles. The van der Waals surface area contributed by atoms with Crippen LogP contribution >= 0.6 is 0 Å². The van der Waals surface area contributed by atoms with Crippen molar-refractivity contribution >= 4 is 5.91 Å². The molecule has 29 heavy (non-hydrogen) atoms. The van der Waals surface area contributed by atoms with E-state index in [1.54, 1.807) is 0 Å². The smallest absolute Gasteiger partial charge is 0.223 e. The molecule has 0 atom stereocenters. The first kappa shape index (κ1) is 21.7. The normalized spacial score (nSPS) is 14.8. The fourth-order valence-corrected chi connectivity index (χ4v) is 4.55. The Balaban J connectivity index is 1.71. The van der Waals surface area contributed by atoms with Gasteiger partial charge in [-0.25, -0.2) is 0 Å². The third kappa shape index (κ3) is 6.22. The number of hydrogen-bond acceptors (Lipinski definition) is 1. The van der Waals surface area contributed by atoms with Gasteiger partial charge in [-0.2, -0.15) is 0 Å². The molecule has 1 heterocycles. The molecule has 0 saturated heterocycles. The fraction of sp³-hybridized carbons (Fsp3) is 0.577. The molecule has 0 unspecified atom stereocenters. The zero-order chi connectivity index (χ0) is 20.5. The van der Waals surface area contributed by atoms with E-state index in [2.05, 4.69) is 65.9 Å². The number of rotatable bonds is 10. The summed E-state index contributed by atoms with van der Waals surface area (Å²) in [5, 5.41) is 0. The zero-order valence-corrected chi connectivity index (χ0v) is 18.4. The van der Waals surface area contributed by atoms with E-state index in [1.165, 1.54) is 68.2 Å². The molecule has 0 spiro atoms. The van der Waals surface area contributed by atoms with Crippen LogP contribution in [0.5, 0.6) is 0 Å². The van der Waals surface area contributed by atoms with Gasteiger partial charge in [-0.1, -0.05) is 69.7 Å². The number of hydrogen-bond donors (Lipinski definition) is 0. The monoisotopic (exact) mass is 394 g/mol. The van der Waals surface area contributed by atoms with E-state index in [4.69, 9.17) is 0 Å². The van der Waals surface area contributed by atoms with E-state index >= 15 is 0 Å². The molecule has 0 radical (unpaired) electrons. The minimum atomic E-state index is 0.358. The summed E-state index contributed by atoms with van der Waals surface area (Å²) in [7, 11) is 0. The molecule has 3 heteroatoms. The van der Waals surface area contributed by atoms with Gasteiger partial charge in [0.25, 0.3) is 0 Å². The van der Waals surface area contributed by atoms with Crippen LogP contribution in [0.2, 0.25) is 0 Å². The van der Waals surface area contributed by atoms with Gasteiger partial charge in [0.1, 0.15) is 0 Å². The van der Waals surface area contributed by atoms with Crippen molar-refractivity contribution in [2.75, 3.05) is 0 Å². The van der Waals surface area contributed by atoms with Crippen molar-refractivity contribution in [3.8, 4) is 0 Å². The van der Waals surface area contributed by atoms with Gasteiger partial charge in [0, 0.05) is 30.9 Å². The molecule has 1 aromatic heterocycles. The van der Waals surface area contributed by atoms with E-state index in [1.807, 2.05) is 0 Å². The summed E-state index contributed by atoms with van der Waals surface area (Å²) in [5.41, 5.74) is 3.92. The Hall–Kier alpha value is -2.03. The molecule has 0 aliphatic heterocycles. The number of aromatic nitrogens is 1. The Morgan fingerprint density at radius 3 is 2.59 bits per heavy atom. The summed E-state index contributed by atoms with van der Waals surface area (Å²) in [4.78, 5) is 15.4. The minimum Gasteiger partial charge on any atom is -0.345 e. The van der Waals surface area contributed by atoms with Crippen LogP contribution in [0.25, 0.3) is 0 Å². The molecule has 0 bridgehead atoms. The standard InChI is InChI=1S/C26H38N2O/c1-3-4-5-9-18-26(29)28(24-15-7-6-8-16-24)21-25-17-12-19-27(25)20-23-14-11-10-13-22(23)2/h10-14,17,19,24H,3-9,15-16,18,20-21H2,1-2H3. The minimum absolute atomic E-state index is 0.358. The zero-order valence-electron chi connectivity index (χ0n) is 18.4. The van der Waals surface area contributed by atoms with E-state index < -0.39 is 0 Å². The Labute approximate surface area is 177 Å². The quantitative estimate of drug-likeness (QED) is 0.424. The highest BCUT2D eigenvalue weighted by Gasteiger charge is 2.26. The van der Waals surface area contributed by atoms with Crippen LogP contribution in [0.1, 0.15) is 88.0 Å². The molecule has 1 aromatic carbocycles. The Morgan fingerprint density at radius 1 is 1.03 bits per heavy atom. The summed E-state index contributed by atoms with van der Waals surface area (Å²) >= 11 is 0. The van der Waals surface area contributed by atoms with Crippen molar-refractivity contribution in [2.24, 2.45) is 0 Å². The van der Waals surface area contributed by atoms with Gasteiger partial charge in [0.05, 0.1) is 6.54 Å². The first-order valence-electron chi connectivity index (χ1n) is 11.7. The van der Waals surface area contributed by atoms with Gasteiger partial charge in [-0.3, -0.25) is 4.79 Å². The second kappa shape index (κ2) is 11.2. The van der Waals surface area contributed by atoms with Crippen LogP contribution in [0.4, 0.5) is 0 Å². The highest BCUT2D eigenvalue weighted by atomic mass is 16.2. The van der Waals surface area contributed by atoms with Crippen LogP contribution in [-0.4, -0.2) is 21.4 Å². The average molecular weight is 395 g/mol. The first-order chi connectivity index (χ1) is 14.2. The Morgan fingerprint density at radius 2 is 1.83 bits per heavy atom. The van der Waals surface area contributed by atoms with Crippen molar-refractivity contribution in [3.05, 3.63) is 59.4 Å². The van der Waals surface area contributed by atoms with Gasteiger partial charge in [-0.15, -0.1) is 0 Å². The molecule has 3 nitrogen and oxygen atoms in total. The lowest BCUT2D eigenvalue weighted by Crippen LogP contribution is -2.41. The molecule has 1 amide bonds. The molecule has 1 fully saturated rings. The summed E-state index contributed by atoms with van der Waals surface area (Å²) < 4.78 is 2.32. The molecule has 2 aromatic rings. The third-order valence-corrected chi connectivity index (χ3v) is 6.44. The highest BCUT2D eigenvalue weighted by molar-refractivity contribution is 5.76. The van der Waals surface area contributed by atoms with E-state index in [0.717, 1.165) is 19.5 Å². The summed E-state index contributed by atoms with van der Waals surface area (Å²) in [6, 6.07) is 13.3. The first-order valence-corrected chi connectivity index (χ1v) is 11.7. The van der Waals surface area contributed by atoms with Gasteiger partial charge in [0.15, 0.2) is 0 Å². The number of nitrogens with zero attached hydrogens (tertiary/aromatic N) is 2. The van der Waals surface area contributed by atoms with Crippen LogP contribution in [0.15, 0.2) is 42.6 Å². The molecule has 0 N–H and O–H groups in total. The topological polar surface area (TPSA) is 25.2 Å². The van der Waals surface area contributed by atoms with Crippen molar-refractivity contribution in [1.29, 1.82) is 0 Å². The van der Waals surface area contributed by atoms with Crippen LogP contribution in [-0.2, 0) is 17.9 Å². The van der Waals surface area contributed by atoms with Gasteiger partial charge in [-0.05, 0) is 49.4 Å². The van der Waals surface area contributed by atoms with Crippen LogP contribution < -0.4 is 0 Å². The molecule has 1 aliphatic carbocycles. The lowest BCUT2D eigenvalue weighted by molar-refractivity contribution is -0.135. The number of benzene rings is 1. The Bertz CT molecular complexity index is 758. The lowest BCUT2D eigenvalue weighted by atomic mass is 9.93. The maximum Gasteiger partial charge on any atom is 0.223 e. The Kier molecular flexibility index (Phi) is 8.39. The maximum atomic E-state index is 13.2. The number of unbranched alkanes of at least 4 members (excludes halogenated alkanes) is 3. The number of carbonyl (C=O) groups is 1. The van der Waals surface area contributed by atoms with Crippen molar-refractivity contribution in [1.82, 2.24) is 9.47 Å². The number of carbonyl (C=O) groups excluding carboxylic acids is 1. The second-order valence-corrected chi connectivity index (χ2v) is 8.68. The van der Waals surface area contributed by atoms with Crippen molar-refractivity contribution in [2.45, 2.75) is 97.2 Å². The molecular formula is C26H38N2O. The predicted octanol–water partition coefficient (Wildman–Crippen LogP) is 6.48. The van der Waals surface area contributed by atoms with E-state index in [-0.39, 0.29) is 0 Å². The van der Waals surface area contributed by atoms with Crippen molar-refractivity contribution < 1.29 is 4.79 Å². The third-order valence-electron chi connectivity index (χ3n) is 6.44. The van der Waals surface area contributed by atoms with E-state index in [0.29, 0.717) is 18.4 Å². The summed E-state index contributed by atoms with van der Waals surface area (Å²) in [6.45, 7) is 6.01. The van der Waals surface area contributed by atoms with Crippen LogP contribution in [0.3, 0.4) is 0 Å². The second-order valence-electron chi connectivity index (χ2n) is 8.68. The van der Waals surface area contributed by atoms with Gasteiger partial charge < -0.3 is 9.47 Å². The summed E-state index contributed by atoms with van der Waals surface area (Å²) in [5.74, 6) is 0.358. The fourth-order valence-electron chi connectivity index (χ4n) is 4.55. The highest BCUT2D eigenvalue weighted by Crippen LogP contribution is 2.26. The molecule has 3 rings (SSSR count). The number of aryl methyl sites for hydroxylation is 1. The molecular weight excluding hydrogens is 356 g/mol. The predicted molar refractivity (Wildman–Crippen MR) is 121 cm³/mol.